The molecule has 0 fully saturated rings. The van der Waals surface area contributed by atoms with Crippen LogP contribution in [0.2, 0.25) is 0 Å². The molecule has 0 aromatic heterocycles. The minimum atomic E-state index is -1.01. The lowest BCUT2D eigenvalue weighted by molar-refractivity contribution is 0.0693. The number of methoxy groups -OCH3 is 2. The summed E-state index contributed by atoms with van der Waals surface area (Å²) >= 11 is 0. The minimum Gasteiger partial charge on any atom is -0.496 e. The molecular formula is C14H18O4. The van der Waals surface area contributed by atoms with Crippen molar-refractivity contribution in [3.05, 3.63) is 35.4 Å². The van der Waals surface area contributed by atoms with E-state index in [-0.39, 0.29) is 5.56 Å². The molecule has 0 saturated carbocycles. The van der Waals surface area contributed by atoms with Crippen LogP contribution in [0.1, 0.15) is 29.3 Å². The molecule has 98 valence electrons. The number of ether oxygens (including phenoxy) is 2. The van der Waals surface area contributed by atoms with Gasteiger partial charge >= 0.3 is 5.97 Å². The summed E-state index contributed by atoms with van der Waals surface area (Å²) in [7, 11) is 3.02. The van der Waals surface area contributed by atoms with Crippen LogP contribution < -0.4 is 9.47 Å². The molecule has 0 aliphatic carbocycles. The van der Waals surface area contributed by atoms with Crippen molar-refractivity contribution in [1.29, 1.82) is 0 Å². The summed E-state index contributed by atoms with van der Waals surface area (Å²) < 4.78 is 10.5. The van der Waals surface area contributed by atoms with E-state index in [0.717, 1.165) is 17.6 Å². The fourth-order valence-electron chi connectivity index (χ4n) is 1.78. The van der Waals surface area contributed by atoms with Crippen molar-refractivity contribution < 1.29 is 19.4 Å². The van der Waals surface area contributed by atoms with E-state index in [1.807, 2.05) is 6.92 Å². The summed E-state index contributed by atoms with van der Waals surface area (Å²) in [5, 5.41) is 9.12. The van der Waals surface area contributed by atoms with Crippen molar-refractivity contribution in [2.24, 2.45) is 0 Å². The average Bonchev–Trinajstić information content (AvgIpc) is 2.34. The van der Waals surface area contributed by atoms with E-state index in [0.29, 0.717) is 17.9 Å². The Morgan fingerprint density at radius 1 is 1.33 bits per heavy atom. The number of carboxylic acid groups (broad SMARTS) is 1. The van der Waals surface area contributed by atoms with Gasteiger partial charge in [-0.05, 0) is 31.9 Å². The smallest absolute Gasteiger partial charge is 0.339 e. The van der Waals surface area contributed by atoms with E-state index in [4.69, 9.17) is 14.6 Å². The van der Waals surface area contributed by atoms with Gasteiger partial charge in [0.25, 0.3) is 0 Å². The van der Waals surface area contributed by atoms with Crippen molar-refractivity contribution in [2.75, 3.05) is 14.2 Å². The third kappa shape index (κ3) is 3.03. The van der Waals surface area contributed by atoms with Crippen LogP contribution in [-0.2, 0) is 6.42 Å². The second-order valence-corrected chi connectivity index (χ2v) is 4.09. The van der Waals surface area contributed by atoms with Gasteiger partial charge in [-0.3, -0.25) is 0 Å². The first-order valence-electron chi connectivity index (χ1n) is 5.62. The molecule has 0 bridgehead atoms. The average molecular weight is 250 g/mol. The maximum atomic E-state index is 11.1. The molecule has 0 aliphatic heterocycles. The van der Waals surface area contributed by atoms with Crippen molar-refractivity contribution in [2.45, 2.75) is 19.8 Å². The summed E-state index contributed by atoms with van der Waals surface area (Å²) in [5.41, 5.74) is 1.94. The molecule has 0 spiro atoms. The minimum absolute atomic E-state index is 0.148. The highest BCUT2D eigenvalue weighted by molar-refractivity contribution is 5.92. The first kappa shape index (κ1) is 14.1. The van der Waals surface area contributed by atoms with Crippen molar-refractivity contribution >= 4 is 5.97 Å². The molecule has 0 aliphatic rings. The van der Waals surface area contributed by atoms with Gasteiger partial charge in [0, 0.05) is 5.56 Å². The molecule has 0 heterocycles. The summed E-state index contributed by atoms with van der Waals surface area (Å²) in [5.74, 6) is -0.00715. The third-order valence-corrected chi connectivity index (χ3v) is 2.67. The SMILES string of the molecule is C=C(C)CCc1c(OC)ccc(C(=O)O)c1OC. The molecule has 0 saturated heterocycles. The van der Waals surface area contributed by atoms with E-state index in [1.165, 1.54) is 13.2 Å². The number of hydrogen-bond donors (Lipinski definition) is 1. The summed E-state index contributed by atoms with van der Waals surface area (Å²) in [4.78, 5) is 11.1. The summed E-state index contributed by atoms with van der Waals surface area (Å²) in [6, 6.07) is 3.14. The van der Waals surface area contributed by atoms with Crippen molar-refractivity contribution in [3.8, 4) is 11.5 Å². The Balaban J connectivity index is 3.27. The quantitative estimate of drug-likeness (QED) is 0.789. The van der Waals surface area contributed by atoms with Gasteiger partial charge in [-0.2, -0.15) is 0 Å². The molecule has 1 aromatic carbocycles. The Morgan fingerprint density at radius 2 is 2.00 bits per heavy atom. The fourth-order valence-corrected chi connectivity index (χ4v) is 1.78. The Morgan fingerprint density at radius 3 is 2.44 bits per heavy atom. The lowest BCUT2D eigenvalue weighted by atomic mass is 10.0. The maximum Gasteiger partial charge on any atom is 0.339 e. The van der Waals surface area contributed by atoms with Crippen molar-refractivity contribution in [3.63, 3.8) is 0 Å². The summed E-state index contributed by atoms with van der Waals surface area (Å²) in [6.07, 6.45) is 1.40. The Hall–Kier alpha value is -1.97. The Labute approximate surface area is 107 Å². The number of hydrogen-bond acceptors (Lipinski definition) is 3. The lowest BCUT2D eigenvalue weighted by Crippen LogP contribution is -2.05. The van der Waals surface area contributed by atoms with Gasteiger partial charge in [-0.15, -0.1) is 6.58 Å². The standard InChI is InChI=1S/C14H18O4/c1-9(2)5-6-10-12(17-3)8-7-11(14(15)16)13(10)18-4/h7-8H,1,5-6H2,2-4H3,(H,15,16). The summed E-state index contributed by atoms with van der Waals surface area (Å²) in [6.45, 7) is 5.77. The molecular weight excluding hydrogens is 232 g/mol. The van der Waals surface area contributed by atoms with Crippen LogP contribution in [0.3, 0.4) is 0 Å². The number of rotatable bonds is 6. The van der Waals surface area contributed by atoms with E-state index >= 15 is 0 Å². The van der Waals surface area contributed by atoms with Gasteiger partial charge < -0.3 is 14.6 Å². The van der Waals surface area contributed by atoms with Crippen LogP contribution in [0, 0.1) is 0 Å². The predicted molar refractivity (Wildman–Crippen MR) is 69.6 cm³/mol. The number of aromatic carboxylic acids is 1. The van der Waals surface area contributed by atoms with Crippen LogP contribution in [0.15, 0.2) is 24.3 Å². The number of carbonyl (C=O) groups is 1. The zero-order chi connectivity index (χ0) is 13.7. The molecule has 4 heteroatoms. The van der Waals surface area contributed by atoms with Gasteiger partial charge in [-0.1, -0.05) is 5.57 Å². The van der Waals surface area contributed by atoms with Gasteiger partial charge in [0.05, 0.1) is 14.2 Å². The van der Waals surface area contributed by atoms with E-state index < -0.39 is 5.97 Å². The van der Waals surface area contributed by atoms with Gasteiger partial charge in [0.15, 0.2) is 0 Å². The lowest BCUT2D eigenvalue weighted by Gasteiger charge is -2.15. The fraction of sp³-hybridized carbons (Fsp3) is 0.357. The zero-order valence-electron chi connectivity index (χ0n) is 10.9. The highest BCUT2D eigenvalue weighted by Gasteiger charge is 2.18. The molecule has 1 aromatic rings. The van der Waals surface area contributed by atoms with Crippen LogP contribution in [0.25, 0.3) is 0 Å². The van der Waals surface area contributed by atoms with Gasteiger partial charge in [-0.25, -0.2) is 4.79 Å². The van der Waals surface area contributed by atoms with Crippen LogP contribution >= 0.6 is 0 Å². The molecule has 0 unspecified atom stereocenters. The maximum absolute atomic E-state index is 11.1. The second-order valence-electron chi connectivity index (χ2n) is 4.09. The Bertz CT molecular complexity index is 463. The molecule has 4 nitrogen and oxygen atoms in total. The number of carboxylic acids is 1. The largest absolute Gasteiger partial charge is 0.496 e. The number of benzene rings is 1. The molecule has 0 amide bonds. The monoisotopic (exact) mass is 250 g/mol. The Kier molecular flexibility index (Phi) is 4.77. The first-order chi connectivity index (χ1) is 8.51. The second kappa shape index (κ2) is 6.10. The zero-order valence-corrected chi connectivity index (χ0v) is 10.9. The third-order valence-electron chi connectivity index (χ3n) is 2.67. The van der Waals surface area contributed by atoms with Gasteiger partial charge in [0.1, 0.15) is 17.1 Å². The van der Waals surface area contributed by atoms with E-state index in [1.54, 1.807) is 13.2 Å². The van der Waals surface area contributed by atoms with E-state index in [9.17, 15) is 4.79 Å². The molecule has 1 rings (SSSR count). The van der Waals surface area contributed by atoms with Crippen LogP contribution in [0.5, 0.6) is 11.5 Å². The van der Waals surface area contributed by atoms with Crippen LogP contribution in [0.4, 0.5) is 0 Å². The molecule has 18 heavy (non-hydrogen) atoms. The first-order valence-corrected chi connectivity index (χ1v) is 5.62. The van der Waals surface area contributed by atoms with Crippen molar-refractivity contribution in [1.82, 2.24) is 0 Å². The topological polar surface area (TPSA) is 55.8 Å². The molecule has 1 N–H and O–H groups in total. The number of allylic oxidation sites excluding steroid dienone is 1. The highest BCUT2D eigenvalue weighted by Crippen LogP contribution is 2.33. The van der Waals surface area contributed by atoms with E-state index in [2.05, 4.69) is 6.58 Å². The normalized spacial score (nSPS) is 9.94. The molecule has 0 atom stereocenters. The van der Waals surface area contributed by atoms with Crippen LogP contribution in [-0.4, -0.2) is 25.3 Å². The predicted octanol–water partition coefficient (Wildman–Crippen LogP) is 2.91. The van der Waals surface area contributed by atoms with Gasteiger partial charge in [0.2, 0.25) is 0 Å². The highest BCUT2D eigenvalue weighted by atomic mass is 16.5. The molecule has 0 radical (unpaired) electrons.